The zero-order valence-corrected chi connectivity index (χ0v) is 12.3. The number of ether oxygens (including phenoxy) is 2. The summed E-state index contributed by atoms with van der Waals surface area (Å²) in [5.74, 6) is 1.44. The fraction of sp³-hybridized carbons (Fsp3) is 0.562. The second-order valence-electron chi connectivity index (χ2n) is 5.41. The van der Waals surface area contributed by atoms with Gasteiger partial charge in [0, 0.05) is 6.54 Å². The van der Waals surface area contributed by atoms with Crippen LogP contribution in [-0.4, -0.2) is 44.7 Å². The quantitative estimate of drug-likeness (QED) is 0.747. The minimum absolute atomic E-state index is 0.147. The van der Waals surface area contributed by atoms with Crippen LogP contribution in [0, 0.1) is 5.92 Å². The minimum Gasteiger partial charge on any atom is -0.493 e. The van der Waals surface area contributed by atoms with Crippen molar-refractivity contribution < 1.29 is 14.3 Å². The van der Waals surface area contributed by atoms with E-state index in [1.807, 2.05) is 19.2 Å². The summed E-state index contributed by atoms with van der Waals surface area (Å²) in [6.07, 6.45) is 2.63. The zero-order valence-electron chi connectivity index (χ0n) is 12.3. The van der Waals surface area contributed by atoms with Gasteiger partial charge in [-0.1, -0.05) is 18.2 Å². The molecule has 0 spiro atoms. The van der Waals surface area contributed by atoms with Crippen LogP contribution < -0.4 is 4.74 Å². The lowest BCUT2D eigenvalue weighted by Gasteiger charge is -2.26. The first-order valence-electron chi connectivity index (χ1n) is 7.15. The Morgan fingerprint density at radius 2 is 2.20 bits per heavy atom. The molecule has 0 fully saturated rings. The molecule has 1 aromatic carbocycles. The molecule has 0 saturated carbocycles. The van der Waals surface area contributed by atoms with Crippen LogP contribution in [0.2, 0.25) is 0 Å². The average Bonchev–Trinajstić information content (AvgIpc) is 2.50. The number of hydrogen-bond acceptors (Lipinski definition) is 4. The smallest absolute Gasteiger partial charge is 0.306 e. The molecule has 0 N–H and O–H groups in total. The Hall–Kier alpha value is -1.55. The largest absolute Gasteiger partial charge is 0.493 e. The van der Waals surface area contributed by atoms with Crippen molar-refractivity contribution in [3.8, 4) is 5.75 Å². The summed E-state index contributed by atoms with van der Waals surface area (Å²) in [5.41, 5.74) is 1.31. The number of carbonyl (C=O) groups is 1. The fourth-order valence-electron chi connectivity index (χ4n) is 2.48. The van der Waals surface area contributed by atoms with Gasteiger partial charge in [0.1, 0.15) is 5.75 Å². The number of nitrogens with zero attached hydrogens (tertiary/aromatic N) is 1. The third kappa shape index (κ3) is 4.23. The third-order valence-electron chi connectivity index (χ3n) is 3.80. The summed E-state index contributed by atoms with van der Waals surface area (Å²) in [4.78, 5) is 13.3. The van der Waals surface area contributed by atoms with Crippen LogP contribution in [-0.2, 0) is 16.0 Å². The lowest BCUT2D eigenvalue weighted by atomic mass is 9.94. The molecule has 110 valence electrons. The summed E-state index contributed by atoms with van der Waals surface area (Å²) in [5, 5.41) is 0. The number of methoxy groups -OCH3 is 1. The molecule has 0 aliphatic carbocycles. The van der Waals surface area contributed by atoms with Crippen molar-refractivity contribution in [1.29, 1.82) is 0 Å². The zero-order chi connectivity index (χ0) is 14.4. The molecule has 0 saturated heterocycles. The third-order valence-corrected chi connectivity index (χ3v) is 3.80. The van der Waals surface area contributed by atoms with Crippen molar-refractivity contribution in [2.75, 3.05) is 33.9 Å². The number of hydrogen-bond donors (Lipinski definition) is 0. The molecule has 0 aromatic heterocycles. The standard InChI is InChI=1S/C16H23NO3/c1-17(10-8-16(18)19-2)9-7-13-11-14-5-3-4-6-15(14)20-12-13/h3-6,13H,7-12H2,1-2H3. The maximum Gasteiger partial charge on any atom is 0.306 e. The lowest BCUT2D eigenvalue weighted by molar-refractivity contribution is -0.140. The Morgan fingerprint density at radius 1 is 1.40 bits per heavy atom. The van der Waals surface area contributed by atoms with Crippen molar-refractivity contribution in [3.05, 3.63) is 29.8 Å². The molecule has 1 aliphatic rings. The monoisotopic (exact) mass is 277 g/mol. The van der Waals surface area contributed by atoms with Gasteiger partial charge in [-0.2, -0.15) is 0 Å². The summed E-state index contributed by atoms with van der Waals surface area (Å²) >= 11 is 0. The van der Waals surface area contributed by atoms with Gasteiger partial charge in [-0.05, 0) is 44.0 Å². The maximum atomic E-state index is 11.1. The first-order valence-corrected chi connectivity index (χ1v) is 7.15. The molecule has 2 rings (SSSR count). The van der Waals surface area contributed by atoms with Gasteiger partial charge in [-0.25, -0.2) is 0 Å². The fourth-order valence-corrected chi connectivity index (χ4v) is 2.48. The molecule has 4 heteroatoms. The van der Waals surface area contributed by atoms with E-state index in [4.69, 9.17) is 4.74 Å². The molecule has 4 nitrogen and oxygen atoms in total. The summed E-state index contributed by atoms with van der Waals surface area (Å²) in [7, 11) is 3.47. The molecule has 1 aliphatic heterocycles. The van der Waals surface area contributed by atoms with Gasteiger partial charge >= 0.3 is 5.97 Å². The predicted molar refractivity (Wildman–Crippen MR) is 77.9 cm³/mol. The predicted octanol–water partition coefficient (Wildman–Crippen LogP) is 2.12. The Morgan fingerprint density at radius 3 is 3.00 bits per heavy atom. The molecule has 1 unspecified atom stereocenters. The minimum atomic E-state index is -0.147. The molecule has 0 radical (unpaired) electrons. The maximum absolute atomic E-state index is 11.1. The SMILES string of the molecule is COC(=O)CCN(C)CCC1COc2ccccc2C1. The topological polar surface area (TPSA) is 38.8 Å². The number of carbonyl (C=O) groups excluding carboxylic acids is 1. The summed E-state index contributed by atoms with van der Waals surface area (Å²) < 4.78 is 10.4. The van der Waals surface area contributed by atoms with Gasteiger partial charge in [0.25, 0.3) is 0 Å². The number of benzene rings is 1. The van der Waals surface area contributed by atoms with Crippen molar-refractivity contribution in [2.24, 2.45) is 5.92 Å². The number of rotatable bonds is 6. The van der Waals surface area contributed by atoms with Gasteiger partial charge < -0.3 is 14.4 Å². The highest BCUT2D eigenvalue weighted by Gasteiger charge is 2.19. The van der Waals surface area contributed by atoms with E-state index in [9.17, 15) is 4.79 Å². The van der Waals surface area contributed by atoms with E-state index >= 15 is 0 Å². The van der Waals surface area contributed by atoms with E-state index in [-0.39, 0.29) is 5.97 Å². The van der Waals surface area contributed by atoms with Crippen LogP contribution in [0.3, 0.4) is 0 Å². The molecule has 0 bridgehead atoms. The van der Waals surface area contributed by atoms with Crippen LogP contribution >= 0.6 is 0 Å². The Balaban J connectivity index is 1.72. The normalized spacial score (nSPS) is 17.4. The Labute approximate surface area is 120 Å². The number of esters is 1. The van der Waals surface area contributed by atoms with Crippen molar-refractivity contribution >= 4 is 5.97 Å². The van der Waals surface area contributed by atoms with Crippen LogP contribution in [0.4, 0.5) is 0 Å². The first-order chi connectivity index (χ1) is 9.69. The van der Waals surface area contributed by atoms with E-state index in [2.05, 4.69) is 21.8 Å². The van der Waals surface area contributed by atoms with Crippen LogP contribution in [0.5, 0.6) is 5.75 Å². The molecular formula is C16H23NO3. The summed E-state index contributed by atoms with van der Waals surface area (Å²) in [6, 6.07) is 8.25. The van der Waals surface area contributed by atoms with Gasteiger partial charge in [0.05, 0.1) is 20.1 Å². The van der Waals surface area contributed by atoms with Crippen LogP contribution in [0.1, 0.15) is 18.4 Å². The molecular weight excluding hydrogens is 254 g/mol. The van der Waals surface area contributed by atoms with E-state index < -0.39 is 0 Å². The second kappa shape index (κ2) is 7.29. The van der Waals surface area contributed by atoms with Crippen molar-refractivity contribution in [3.63, 3.8) is 0 Å². The van der Waals surface area contributed by atoms with Gasteiger partial charge in [-0.15, -0.1) is 0 Å². The average molecular weight is 277 g/mol. The van der Waals surface area contributed by atoms with E-state index in [1.54, 1.807) is 0 Å². The molecule has 0 amide bonds. The van der Waals surface area contributed by atoms with E-state index in [0.717, 1.165) is 38.3 Å². The van der Waals surface area contributed by atoms with Crippen molar-refractivity contribution in [1.82, 2.24) is 4.90 Å². The van der Waals surface area contributed by atoms with E-state index in [1.165, 1.54) is 12.7 Å². The van der Waals surface area contributed by atoms with Crippen molar-refractivity contribution in [2.45, 2.75) is 19.3 Å². The lowest BCUT2D eigenvalue weighted by Crippen LogP contribution is -2.28. The molecule has 20 heavy (non-hydrogen) atoms. The first kappa shape index (κ1) is 14.9. The van der Waals surface area contributed by atoms with Gasteiger partial charge in [-0.3, -0.25) is 4.79 Å². The van der Waals surface area contributed by atoms with Gasteiger partial charge in [0.15, 0.2) is 0 Å². The Bertz CT molecular complexity index is 447. The van der Waals surface area contributed by atoms with E-state index in [0.29, 0.717) is 12.3 Å². The van der Waals surface area contributed by atoms with Crippen LogP contribution in [0.25, 0.3) is 0 Å². The number of para-hydroxylation sites is 1. The number of fused-ring (bicyclic) bond motifs is 1. The highest BCUT2D eigenvalue weighted by molar-refractivity contribution is 5.69. The van der Waals surface area contributed by atoms with Crippen LogP contribution in [0.15, 0.2) is 24.3 Å². The summed E-state index contributed by atoms with van der Waals surface area (Å²) in [6.45, 7) is 2.52. The molecule has 1 heterocycles. The second-order valence-corrected chi connectivity index (χ2v) is 5.41. The molecule has 1 aromatic rings. The Kier molecular flexibility index (Phi) is 5.41. The van der Waals surface area contributed by atoms with Gasteiger partial charge in [0.2, 0.25) is 0 Å². The highest BCUT2D eigenvalue weighted by atomic mass is 16.5. The molecule has 1 atom stereocenters. The highest BCUT2D eigenvalue weighted by Crippen LogP contribution is 2.28.